The molecule has 0 aromatic heterocycles. The zero-order valence-electron chi connectivity index (χ0n) is 6.90. The van der Waals surface area contributed by atoms with E-state index in [2.05, 4.69) is 0 Å². The molecule has 0 atom stereocenters. The van der Waals surface area contributed by atoms with E-state index in [4.69, 9.17) is 16.7 Å². The molecular formula is C10H9ClO2. The van der Waals surface area contributed by atoms with Gasteiger partial charge in [0.2, 0.25) is 0 Å². The Hall–Kier alpha value is -1.28. The minimum atomic E-state index is -0.819. The molecule has 0 bridgehead atoms. The van der Waals surface area contributed by atoms with Crippen molar-refractivity contribution in [3.63, 3.8) is 0 Å². The molecular weight excluding hydrogens is 188 g/mol. The number of rotatable bonds is 3. The molecule has 68 valence electrons. The molecule has 0 spiro atoms. The molecule has 0 amide bonds. The minimum absolute atomic E-state index is 0.0604. The number of halogens is 1. The summed E-state index contributed by atoms with van der Waals surface area (Å²) in [5.41, 5.74) is 3.18. The lowest BCUT2D eigenvalue weighted by atomic mass is 10.1. The summed E-state index contributed by atoms with van der Waals surface area (Å²) in [7, 11) is 0. The molecule has 1 aromatic carbocycles. The lowest BCUT2D eigenvalue weighted by molar-refractivity contribution is -0.136. The molecule has 0 saturated carbocycles. The monoisotopic (exact) mass is 196 g/mol. The van der Waals surface area contributed by atoms with E-state index in [1.807, 2.05) is 12.1 Å². The summed E-state index contributed by atoms with van der Waals surface area (Å²) in [6, 6.07) is 7.22. The number of carboxylic acid groups (broad SMARTS) is 1. The number of aliphatic carboxylic acids is 1. The largest absolute Gasteiger partial charge is 0.481 e. The average molecular weight is 197 g/mol. The van der Waals surface area contributed by atoms with E-state index in [0.29, 0.717) is 0 Å². The molecule has 1 N–H and O–H groups in total. The van der Waals surface area contributed by atoms with Crippen LogP contribution < -0.4 is 0 Å². The van der Waals surface area contributed by atoms with E-state index >= 15 is 0 Å². The van der Waals surface area contributed by atoms with Gasteiger partial charge in [-0.25, -0.2) is 0 Å². The predicted octanol–water partition coefficient (Wildman–Crippen LogP) is 2.52. The molecule has 0 aliphatic heterocycles. The van der Waals surface area contributed by atoms with E-state index in [9.17, 15) is 4.79 Å². The molecule has 2 nitrogen and oxygen atoms in total. The maximum Gasteiger partial charge on any atom is 0.307 e. The fourth-order valence-electron chi connectivity index (χ4n) is 0.994. The van der Waals surface area contributed by atoms with Gasteiger partial charge in [0, 0.05) is 5.54 Å². The molecule has 0 unspecified atom stereocenters. The summed E-state index contributed by atoms with van der Waals surface area (Å²) >= 11 is 5.39. The Morgan fingerprint density at radius 2 is 2.00 bits per heavy atom. The van der Waals surface area contributed by atoms with Crippen LogP contribution >= 0.6 is 11.6 Å². The van der Waals surface area contributed by atoms with Crippen LogP contribution in [0.4, 0.5) is 0 Å². The smallest absolute Gasteiger partial charge is 0.307 e. The van der Waals surface area contributed by atoms with Crippen LogP contribution in [0, 0.1) is 0 Å². The van der Waals surface area contributed by atoms with Gasteiger partial charge in [0.15, 0.2) is 0 Å². The standard InChI is InChI=1S/C10H9ClO2/c11-6-5-8-1-3-9(4-2-8)7-10(12)13/h1-6H,7H2,(H,12,13)/b6-5+. The Morgan fingerprint density at radius 1 is 1.38 bits per heavy atom. The van der Waals surface area contributed by atoms with E-state index in [1.54, 1.807) is 18.2 Å². The normalized spacial score (nSPS) is 10.5. The summed E-state index contributed by atoms with van der Waals surface area (Å²) < 4.78 is 0. The van der Waals surface area contributed by atoms with Crippen molar-refractivity contribution in [1.29, 1.82) is 0 Å². The first kappa shape index (κ1) is 9.81. The van der Waals surface area contributed by atoms with Gasteiger partial charge in [0.1, 0.15) is 0 Å². The SMILES string of the molecule is O=C(O)Cc1ccc(/C=C/Cl)cc1. The van der Waals surface area contributed by atoms with Crippen molar-refractivity contribution in [3.8, 4) is 0 Å². The van der Waals surface area contributed by atoms with Gasteiger partial charge in [-0.05, 0) is 17.2 Å². The number of carboxylic acids is 1. The Kier molecular flexibility index (Phi) is 3.53. The number of carbonyl (C=O) groups is 1. The van der Waals surface area contributed by atoms with Gasteiger partial charge in [0.05, 0.1) is 6.42 Å². The molecule has 0 saturated heterocycles. The first-order valence-electron chi connectivity index (χ1n) is 3.80. The Morgan fingerprint density at radius 3 is 2.46 bits per heavy atom. The Bertz CT molecular complexity index is 314. The van der Waals surface area contributed by atoms with Crippen molar-refractivity contribution >= 4 is 23.6 Å². The van der Waals surface area contributed by atoms with E-state index in [1.165, 1.54) is 5.54 Å². The summed E-state index contributed by atoms with van der Waals surface area (Å²) in [6.07, 6.45) is 1.80. The maximum atomic E-state index is 10.3. The average Bonchev–Trinajstić information content (AvgIpc) is 2.08. The van der Waals surface area contributed by atoms with Gasteiger partial charge in [-0.2, -0.15) is 0 Å². The van der Waals surface area contributed by atoms with Gasteiger partial charge < -0.3 is 5.11 Å². The maximum absolute atomic E-state index is 10.3. The van der Waals surface area contributed by atoms with Crippen LogP contribution in [0.5, 0.6) is 0 Å². The van der Waals surface area contributed by atoms with E-state index in [-0.39, 0.29) is 6.42 Å². The highest BCUT2D eigenvalue weighted by Gasteiger charge is 1.98. The molecule has 0 radical (unpaired) electrons. The second-order valence-electron chi connectivity index (χ2n) is 2.60. The van der Waals surface area contributed by atoms with Gasteiger partial charge >= 0.3 is 5.97 Å². The van der Waals surface area contributed by atoms with Crippen molar-refractivity contribution in [1.82, 2.24) is 0 Å². The van der Waals surface area contributed by atoms with Crippen LogP contribution in [0.25, 0.3) is 6.08 Å². The zero-order valence-corrected chi connectivity index (χ0v) is 7.66. The van der Waals surface area contributed by atoms with Crippen LogP contribution in [-0.2, 0) is 11.2 Å². The second kappa shape index (κ2) is 4.67. The lowest BCUT2D eigenvalue weighted by Gasteiger charge is -1.97. The Balaban J connectivity index is 2.75. The zero-order chi connectivity index (χ0) is 9.68. The first-order valence-corrected chi connectivity index (χ1v) is 4.23. The molecule has 0 fully saturated rings. The van der Waals surface area contributed by atoms with Crippen molar-refractivity contribution in [2.45, 2.75) is 6.42 Å². The molecule has 0 heterocycles. The third-order valence-corrected chi connectivity index (χ3v) is 1.72. The fourth-order valence-corrected chi connectivity index (χ4v) is 1.14. The Labute approximate surface area is 81.5 Å². The third-order valence-electron chi connectivity index (χ3n) is 1.59. The quantitative estimate of drug-likeness (QED) is 0.807. The lowest BCUT2D eigenvalue weighted by Crippen LogP contribution is -1.99. The van der Waals surface area contributed by atoms with Gasteiger partial charge in [-0.15, -0.1) is 0 Å². The highest BCUT2D eigenvalue weighted by Crippen LogP contribution is 2.07. The highest BCUT2D eigenvalue weighted by atomic mass is 35.5. The van der Waals surface area contributed by atoms with Gasteiger partial charge in [-0.1, -0.05) is 35.9 Å². The van der Waals surface area contributed by atoms with Crippen molar-refractivity contribution in [2.24, 2.45) is 0 Å². The summed E-state index contributed by atoms with van der Waals surface area (Å²) in [5, 5.41) is 8.50. The summed E-state index contributed by atoms with van der Waals surface area (Å²) in [5.74, 6) is -0.819. The van der Waals surface area contributed by atoms with Crippen molar-refractivity contribution in [3.05, 3.63) is 40.9 Å². The van der Waals surface area contributed by atoms with Gasteiger partial charge in [-0.3, -0.25) is 4.79 Å². The molecule has 0 aliphatic carbocycles. The molecule has 1 rings (SSSR count). The predicted molar refractivity (Wildman–Crippen MR) is 52.7 cm³/mol. The molecule has 13 heavy (non-hydrogen) atoms. The number of hydrogen-bond donors (Lipinski definition) is 1. The third kappa shape index (κ3) is 3.30. The second-order valence-corrected chi connectivity index (χ2v) is 2.86. The molecule has 0 aliphatic rings. The van der Waals surface area contributed by atoms with Crippen LogP contribution in [0.15, 0.2) is 29.8 Å². The van der Waals surface area contributed by atoms with E-state index < -0.39 is 5.97 Å². The fraction of sp³-hybridized carbons (Fsp3) is 0.100. The number of hydrogen-bond acceptors (Lipinski definition) is 1. The van der Waals surface area contributed by atoms with Crippen LogP contribution in [0.3, 0.4) is 0 Å². The van der Waals surface area contributed by atoms with Crippen LogP contribution in [-0.4, -0.2) is 11.1 Å². The summed E-state index contributed by atoms with van der Waals surface area (Å²) in [6.45, 7) is 0. The van der Waals surface area contributed by atoms with Crippen LogP contribution in [0.2, 0.25) is 0 Å². The molecule has 3 heteroatoms. The number of benzene rings is 1. The van der Waals surface area contributed by atoms with Crippen LogP contribution in [0.1, 0.15) is 11.1 Å². The van der Waals surface area contributed by atoms with Gasteiger partial charge in [0.25, 0.3) is 0 Å². The topological polar surface area (TPSA) is 37.3 Å². The minimum Gasteiger partial charge on any atom is -0.481 e. The summed E-state index contributed by atoms with van der Waals surface area (Å²) in [4.78, 5) is 10.3. The van der Waals surface area contributed by atoms with E-state index in [0.717, 1.165) is 11.1 Å². The van der Waals surface area contributed by atoms with Crippen molar-refractivity contribution < 1.29 is 9.90 Å². The first-order chi connectivity index (χ1) is 6.22. The highest BCUT2D eigenvalue weighted by molar-refractivity contribution is 6.27. The molecule has 1 aromatic rings. The van der Waals surface area contributed by atoms with Crippen molar-refractivity contribution in [2.75, 3.05) is 0 Å².